The summed E-state index contributed by atoms with van der Waals surface area (Å²) in [5, 5.41) is 3.84. The quantitative estimate of drug-likeness (QED) is 0.512. The molecule has 2 aliphatic rings. The van der Waals surface area contributed by atoms with Gasteiger partial charge in [0.05, 0.1) is 10.7 Å². The van der Waals surface area contributed by atoms with Crippen LogP contribution in [0.5, 0.6) is 0 Å². The molecule has 8 heteroatoms. The standard InChI is InChI=1S/C27H30ClF3N2O2/c28-23-11-10-20-12-14-33(26(35)27(29,30)31)15-13-22(20)25(23)32-17-19-8-6-18(7-9-19)16-24(34)21-4-2-1-3-5-21/h6-11,21,32H,1-5,12-17H2. The Labute approximate surface area is 208 Å². The van der Waals surface area contributed by atoms with Crippen LogP contribution in [0.1, 0.15) is 54.4 Å². The van der Waals surface area contributed by atoms with Crippen LogP contribution in [0.25, 0.3) is 0 Å². The summed E-state index contributed by atoms with van der Waals surface area (Å²) in [6, 6.07) is 11.5. The molecule has 35 heavy (non-hydrogen) atoms. The van der Waals surface area contributed by atoms with Crippen LogP contribution in [-0.4, -0.2) is 35.9 Å². The molecular formula is C27H30ClF3N2O2. The van der Waals surface area contributed by atoms with Crippen LogP contribution in [0.2, 0.25) is 5.02 Å². The number of benzene rings is 2. The summed E-state index contributed by atoms with van der Waals surface area (Å²) in [5.74, 6) is -1.27. The molecule has 0 atom stereocenters. The summed E-state index contributed by atoms with van der Waals surface area (Å²) >= 11 is 6.45. The lowest BCUT2D eigenvalue weighted by atomic mass is 9.84. The second-order valence-electron chi connectivity index (χ2n) is 9.50. The lowest BCUT2D eigenvalue weighted by Crippen LogP contribution is -2.42. The monoisotopic (exact) mass is 506 g/mol. The molecule has 4 nitrogen and oxygen atoms in total. The number of anilines is 1. The number of amides is 1. The van der Waals surface area contributed by atoms with Crippen LogP contribution in [0.3, 0.4) is 0 Å². The van der Waals surface area contributed by atoms with Crippen molar-refractivity contribution in [1.82, 2.24) is 4.90 Å². The van der Waals surface area contributed by atoms with E-state index in [0.29, 0.717) is 42.3 Å². The minimum absolute atomic E-state index is 0.00984. The maximum atomic E-state index is 12.9. The van der Waals surface area contributed by atoms with Gasteiger partial charge in [0.25, 0.3) is 0 Å². The highest BCUT2D eigenvalue weighted by Gasteiger charge is 2.42. The first-order chi connectivity index (χ1) is 16.7. The summed E-state index contributed by atoms with van der Waals surface area (Å²) in [6.07, 6.45) is 1.74. The second-order valence-corrected chi connectivity index (χ2v) is 9.91. The largest absolute Gasteiger partial charge is 0.471 e. The molecule has 1 aliphatic carbocycles. The first kappa shape index (κ1) is 25.5. The summed E-state index contributed by atoms with van der Waals surface area (Å²) in [6.45, 7) is 0.496. The molecule has 1 N–H and O–H groups in total. The summed E-state index contributed by atoms with van der Waals surface area (Å²) in [7, 11) is 0. The van der Waals surface area contributed by atoms with Gasteiger partial charge in [-0.1, -0.05) is 61.2 Å². The van der Waals surface area contributed by atoms with Crippen molar-refractivity contribution in [3.63, 3.8) is 0 Å². The molecule has 0 bridgehead atoms. The fourth-order valence-corrected chi connectivity index (χ4v) is 5.35. The molecular weight excluding hydrogens is 477 g/mol. The van der Waals surface area contributed by atoms with Gasteiger partial charge in [0.1, 0.15) is 5.78 Å². The van der Waals surface area contributed by atoms with Crippen molar-refractivity contribution >= 4 is 29.0 Å². The van der Waals surface area contributed by atoms with Gasteiger partial charge in [0.2, 0.25) is 0 Å². The zero-order chi connectivity index (χ0) is 25.0. The van der Waals surface area contributed by atoms with E-state index in [1.165, 1.54) is 6.42 Å². The first-order valence-corrected chi connectivity index (χ1v) is 12.6. The average Bonchev–Trinajstić information content (AvgIpc) is 3.06. The van der Waals surface area contributed by atoms with Crippen molar-refractivity contribution in [2.45, 2.75) is 64.1 Å². The van der Waals surface area contributed by atoms with Gasteiger partial charge in [0, 0.05) is 32.0 Å². The highest BCUT2D eigenvalue weighted by molar-refractivity contribution is 6.33. The Balaban J connectivity index is 1.39. The van der Waals surface area contributed by atoms with Gasteiger partial charge >= 0.3 is 12.1 Å². The number of nitrogens with one attached hydrogen (secondary N) is 1. The number of hydrogen-bond acceptors (Lipinski definition) is 3. The Morgan fingerprint density at radius 1 is 0.943 bits per heavy atom. The molecule has 1 amide bonds. The molecule has 2 aromatic carbocycles. The van der Waals surface area contributed by atoms with E-state index in [4.69, 9.17) is 11.6 Å². The summed E-state index contributed by atoms with van der Waals surface area (Å²) in [4.78, 5) is 25.1. The SMILES string of the molecule is O=C(Cc1ccc(CNc2c(Cl)ccc3c2CCN(C(=O)C(F)(F)F)CC3)cc1)C1CCCCC1. The Hall–Kier alpha value is -2.54. The predicted octanol–water partition coefficient (Wildman–Crippen LogP) is 6.13. The fourth-order valence-electron chi connectivity index (χ4n) is 5.11. The number of Topliss-reactive ketones (excluding diaryl/α,β-unsaturated/α-hetero) is 1. The third-order valence-electron chi connectivity index (χ3n) is 7.10. The number of carbonyl (C=O) groups excluding carboxylic acids is 2. The van der Waals surface area contributed by atoms with Gasteiger partial charge in [-0.2, -0.15) is 13.2 Å². The average molecular weight is 507 g/mol. The molecule has 0 radical (unpaired) electrons. The van der Waals surface area contributed by atoms with E-state index in [1.807, 2.05) is 30.3 Å². The normalized spacial score (nSPS) is 17.0. The summed E-state index contributed by atoms with van der Waals surface area (Å²) < 4.78 is 38.7. The Morgan fingerprint density at radius 3 is 2.29 bits per heavy atom. The molecule has 0 unspecified atom stereocenters. The third-order valence-corrected chi connectivity index (χ3v) is 7.42. The molecule has 1 heterocycles. The molecule has 188 valence electrons. The van der Waals surface area contributed by atoms with Gasteiger partial charge in [-0.05, 0) is 54.0 Å². The molecule has 1 fully saturated rings. The Kier molecular flexibility index (Phi) is 8.05. The molecule has 2 aromatic rings. The number of halogens is 4. The van der Waals surface area contributed by atoms with Gasteiger partial charge in [0.15, 0.2) is 0 Å². The number of hydrogen-bond donors (Lipinski definition) is 1. The third kappa shape index (κ3) is 6.37. The van der Waals surface area contributed by atoms with Crippen molar-refractivity contribution in [2.24, 2.45) is 5.92 Å². The number of ketones is 1. The van der Waals surface area contributed by atoms with E-state index in [1.54, 1.807) is 6.07 Å². The minimum Gasteiger partial charge on any atom is -0.380 e. The van der Waals surface area contributed by atoms with Crippen molar-refractivity contribution < 1.29 is 22.8 Å². The maximum absolute atomic E-state index is 12.9. The summed E-state index contributed by atoms with van der Waals surface area (Å²) in [5.41, 5.74) is 4.46. The smallest absolute Gasteiger partial charge is 0.380 e. The first-order valence-electron chi connectivity index (χ1n) is 12.2. The van der Waals surface area contributed by atoms with Crippen LogP contribution in [0.4, 0.5) is 18.9 Å². The zero-order valence-electron chi connectivity index (χ0n) is 19.6. The highest BCUT2D eigenvalue weighted by Crippen LogP contribution is 2.33. The highest BCUT2D eigenvalue weighted by atomic mass is 35.5. The van der Waals surface area contributed by atoms with Gasteiger partial charge < -0.3 is 10.2 Å². The van der Waals surface area contributed by atoms with E-state index in [9.17, 15) is 22.8 Å². The maximum Gasteiger partial charge on any atom is 0.471 e. The molecule has 1 saturated carbocycles. The van der Waals surface area contributed by atoms with Crippen LogP contribution in [-0.2, 0) is 35.4 Å². The number of nitrogens with zero attached hydrogens (tertiary/aromatic N) is 1. The van der Waals surface area contributed by atoms with E-state index in [2.05, 4.69) is 5.32 Å². The molecule has 0 spiro atoms. The second kappa shape index (κ2) is 11.0. The lowest BCUT2D eigenvalue weighted by Gasteiger charge is -2.21. The van der Waals surface area contributed by atoms with E-state index in [-0.39, 0.29) is 19.0 Å². The lowest BCUT2D eigenvalue weighted by molar-refractivity contribution is -0.185. The van der Waals surface area contributed by atoms with Gasteiger partial charge in [-0.15, -0.1) is 0 Å². The minimum atomic E-state index is -4.87. The van der Waals surface area contributed by atoms with Crippen molar-refractivity contribution in [1.29, 1.82) is 0 Å². The number of rotatable bonds is 6. The number of fused-ring (bicyclic) bond motifs is 1. The fraction of sp³-hybridized carbons (Fsp3) is 0.481. The van der Waals surface area contributed by atoms with E-state index < -0.39 is 12.1 Å². The van der Waals surface area contributed by atoms with Gasteiger partial charge in [-0.25, -0.2) is 0 Å². The number of alkyl halides is 3. The van der Waals surface area contributed by atoms with E-state index in [0.717, 1.165) is 52.8 Å². The van der Waals surface area contributed by atoms with Crippen LogP contribution >= 0.6 is 11.6 Å². The molecule has 1 aliphatic heterocycles. The topological polar surface area (TPSA) is 49.4 Å². The molecule has 0 aromatic heterocycles. The molecule has 0 saturated heterocycles. The van der Waals surface area contributed by atoms with Crippen LogP contribution < -0.4 is 5.32 Å². The molecule has 4 rings (SSSR count). The Morgan fingerprint density at radius 2 is 1.60 bits per heavy atom. The van der Waals surface area contributed by atoms with Crippen LogP contribution in [0, 0.1) is 5.92 Å². The van der Waals surface area contributed by atoms with Crippen LogP contribution in [0.15, 0.2) is 36.4 Å². The van der Waals surface area contributed by atoms with E-state index >= 15 is 0 Å². The van der Waals surface area contributed by atoms with Gasteiger partial charge in [-0.3, -0.25) is 9.59 Å². The van der Waals surface area contributed by atoms with Crippen molar-refractivity contribution in [2.75, 3.05) is 18.4 Å². The predicted molar refractivity (Wildman–Crippen MR) is 131 cm³/mol. The van der Waals surface area contributed by atoms with Crippen molar-refractivity contribution in [3.05, 3.63) is 63.7 Å². The zero-order valence-corrected chi connectivity index (χ0v) is 20.4. The van der Waals surface area contributed by atoms with Crippen molar-refractivity contribution in [3.8, 4) is 0 Å². The Bertz CT molecular complexity index is 1060. The number of carbonyl (C=O) groups is 2.